The molecule has 1 heteroatoms. The lowest BCUT2D eigenvalue weighted by Gasteiger charge is -2.06. The highest BCUT2D eigenvalue weighted by atomic mass is 14.5. The van der Waals surface area contributed by atoms with Crippen LogP contribution in [0.25, 0.3) is 0 Å². The van der Waals surface area contributed by atoms with Crippen LogP contribution in [0.3, 0.4) is 0 Å². The summed E-state index contributed by atoms with van der Waals surface area (Å²) in [6.07, 6.45) is 8.24. The van der Waals surface area contributed by atoms with E-state index >= 15 is 0 Å². The Bertz CT molecular complexity index is 71.3. The molecule has 11 heavy (non-hydrogen) atoms. The normalized spacial score (nSPS) is 13.4. The van der Waals surface area contributed by atoms with Crippen LogP contribution >= 0.6 is 0 Å². The number of hydrogen-bond donors (Lipinski definition) is 1. The van der Waals surface area contributed by atoms with Crippen molar-refractivity contribution in [2.45, 2.75) is 52.4 Å². The molecule has 0 amide bonds. The Morgan fingerprint density at radius 3 is 2.27 bits per heavy atom. The maximum atomic E-state index is 5.51. The molecule has 0 rings (SSSR count). The Hall–Kier alpha value is -0.0400. The molecule has 0 aromatic heterocycles. The van der Waals surface area contributed by atoms with Gasteiger partial charge in [0.05, 0.1) is 0 Å². The molecule has 0 aliphatic heterocycles. The van der Waals surface area contributed by atoms with E-state index in [9.17, 15) is 0 Å². The number of unbranched alkanes of at least 4 members (excludes halogenated alkanes) is 4. The molecular formula is C10H23N. The van der Waals surface area contributed by atoms with Crippen LogP contribution in [0.1, 0.15) is 52.4 Å². The highest BCUT2D eigenvalue weighted by Gasteiger charge is 1.97. The molecule has 0 unspecified atom stereocenters. The van der Waals surface area contributed by atoms with E-state index in [1.807, 2.05) is 0 Å². The summed E-state index contributed by atoms with van der Waals surface area (Å²) < 4.78 is 0. The van der Waals surface area contributed by atoms with Gasteiger partial charge in [-0.3, -0.25) is 0 Å². The van der Waals surface area contributed by atoms with E-state index in [-0.39, 0.29) is 0 Å². The fourth-order valence-electron chi connectivity index (χ4n) is 1.21. The standard InChI is InChI=1S/C10H23N/c1-3-4-5-6-7-8-10(2)9-11/h10H,3-9,11H2,1-2H3/t10-/m1/s1. The molecule has 1 nitrogen and oxygen atoms in total. The second-order valence-corrected chi connectivity index (χ2v) is 3.54. The molecule has 0 saturated heterocycles. The SMILES string of the molecule is CCCCCCC[C@@H](C)CN. The molecule has 2 N–H and O–H groups in total. The highest BCUT2D eigenvalue weighted by molar-refractivity contribution is 4.53. The Morgan fingerprint density at radius 2 is 1.73 bits per heavy atom. The van der Waals surface area contributed by atoms with Crippen molar-refractivity contribution in [2.75, 3.05) is 6.54 Å². The molecule has 0 fully saturated rings. The zero-order valence-corrected chi connectivity index (χ0v) is 8.10. The van der Waals surface area contributed by atoms with E-state index in [4.69, 9.17) is 5.73 Å². The summed E-state index contributed by atoms with van der Waals surface area (Å²) in [6.45, 7) is 5.34. The van der Waals surface area contributed by atoms with E-state index in [1.54, 1.807) is 0 Å². The second kappa shape index (κ2) is 8.06. The lowest BCUT2D eigenvalue weighted by Crippen LogP contribution is -2.10. The molecule has 0 saturated carbocycles. The van der Waals surface area contributed by atoms with E-state index in [0.717, 1.165) is 12.5 Å². The Kier molecular flexibility index (Phi) is 8.03. The van der Waals surface area contributed by atoms with Crippen LogP contribution in [-0.2, 0) is 0 Å². The Morgan fingerprint density at radius 1 is 1.09 bits per heavy atom. The van der Waals surface area contributed by atoms with Gasteiger partial charge in [0.15, 0.2) is 0 Å². The quantitative estimate of drug-likeness (QED) is 0.565. The van der Waals surface area contributed by atoms with Gasteiger partial charge in [0.2, 0.25) is 0 Å². The van der Waals surface area contributed by atoms with Crippen molar-refractivity contribution in [3.8, 4) is 0 Å². The summed E-state index contributed by atoms with van der Waals surface area (Å²) in [6, 6.07) is 0. The summed E-state index contributed by atoms with van der Waals surface area (Å²) in [5, 5.41) is 0. The van der Waals surface area contributed by atoms with Gasteiger partial charge in [-0.15, -0.1) is 0 Å². The molecule has 0 aromatic carbocycles. The van der Waals surface area contributed by atoms with Crippen molar-refractivity contribution in [3.63, 3.8) is 0 Å². The van der Waals surface area contributed by atoms with Crippen molar-refractivity contribution in [1.82, 2.24) is 0 Å². The van der Waals surface area contributed by atoms with Gasteiger partial charge >= 0.3 is 0 Å². The first-order chi connectivity index (χ1) is 5.31. The first-order valence-electron chi connectivity index (χ1n) is 5.01. The average molecular weight is 157 g/mol. The van der Waals surface area contributed by atoms with Crippen LogP contribution in [0.5, 0.6) is 0 Å². The largest absolute Gasteiger partial charge is 0.330 e. The maximum absolute atomic E-state index is 5.51. The molecular weight excluding hydrogens is 134 g/mol. The van der Waals surface area contributed by atoms with Gasteiger partial charge in [0.1, 0.15) is 0 Å². The predicted molar refractivity (Wildman–Crippen MR) is 51.6 cm³/mol. The average Bonchev–Trinajstić information content (AvgIpc) is 2.04. The van der Waals surface area contributed by atoms with Crippen LogP contribution < -0.4 is 5.73 Å². The van der Waals surface area contributed by atoms with E-state index < -0.39 is 0 Å². The van der Waals surface area contributed by atoms with Crippen LogP contribution in [0, 0.1) is 5.92 Å². The lowest BCUT2D eigenvalue weighted by atomic mass is 10.0. The maximum Gasteiger partial charge on any atom is -0.00515 e. The molecule has 0 aromatic rings. The van der Waals surface area contributed by atoms with Gasteiger partial charge in [-0.05, 0) is 18.9 Å². The van der Waals surface area contributed by atoms with E-state index in [1.165, 1.54) is 38.5 Å². The van der Waals surface area contributed by atoms with Crippen LogP contribution in [0.4, 0.5) is 0 Å². The number of rotatable bonds is 7. The molecule has 0 heterocycles. The zero-order chi connectivity index (χ0) is 8.53. The fraction of sp³-hybridized carbons (Fsp3) is 1.00. The summed E-state index contributed by atoms with van der Waals surface area (Å²) in [5.41, 5.74) is 5.51. The molecule has 0 radical (unpaired) electrons. The van der Waals surface area contributed by atoms with Crippen molar-refractivity contribution in [1.29, 1.82) is 0 Å². The topological polar surface area (TPSA) is 26.0 Å². The fourth-order valence-corrected chi connectivity index (χ4v) is 1.21. The first-order valence-corrected chi connectivity index (χ1v) is 5.01. The zero-order valence-electron chi connectivity index (χ0n) is 8.10. The van der Waals surface area contributed by atoms with Crippen LogP contribution in [-0.4, -0.2) is 6.54 Å². The van der Waals surface area contributed by atoms with Crippen molar-refractivity contribution in [3.05, 3.63) is 0 Å². The summed E-state index contributed by atoms with van der Waals surface area (Å²) >= 11 is 0. The van der Waals surface area contributed by atoms with Gasteiger partial charge in [0, 0.05) is 0 Å². The Balaban J connectivity index is 2.89. The molecule has 0 aliphatic carbocycles. The summed E-state index contributed by atoms with van der Waals surface area (Å²) in [4.78, 5) is 0. The van der Waals surface area contributed by atoms with Gasteiger partial charge < -0.3 is 5.73 Å². The number of hydrogen-bond acceptors (Lipinski definition) is 1. The monoisotopic (exact) mass is 157 g/mol. The molecule has 1 atom stereocenters. The predicted octanol–water partition coefficient (Wildman–Crippen LogP) is 2.94. The third-order valence-electron chi connectivity index (χ3n) is 2.20. The van der Waals surface area contributed by atoms with Crippen molar-refractivity contribution < 1.29 is 0 Å². The smallest absolute Gasteiger partial charge is 0.00515 e. The minimum Gasteiger partial charge on any atom is -0.330 e. The number of nitrogens with two attached hydrogens (primary N) is 1. The summed E-state index contributed by atoms with van der Waals surface area (Å²) in [7, 11) is 0. The Labute approximate surface area is 71.4 Å². The van der Waals surface area contributed by atoms with Crippen LogP contribution in [0.15, 0.2) is 0 Å². The van der Waals surface area contributed by atoms with Crippen molar-refractivity contribution >= 4 is 0 Å². The second-order valence-electron chi connectivity index (χ2n) is 3.54. The summed E-state index contributed by atoms with van der Waals surface area (Å²) in [5.74, 6) is 0.733. The molecule has 0 bridgehead atoms. The first kappa shape index (κ1) is 11.0. The van der Waals surface area contributed by atoms with E-state index in [2.05, 4.69) is 13.8 Å². The van der Waals surface area contributed by atoms with Gasteiger partial charge in [-0.2, -0.15) is 0 Å². The third kappa shape index (κ3) is 7.86. The van der Waals surface area contributed by atoms with Crippen LogP contribution in [0.2, 0.25) is 0 Å². The minimum atomic E-state index is 0.733. The van der Waals surface area contributed by atoms with E-state index in [0.29, 0.717) is 0 Å². The minimum absolute atomic E-state index is 0.733. The van der Waals surface area contributed by atoms with Crippen molar-refractivity contribution in [2.24, 2.45) is 11.7 Å². The van der Waals surface area contributed by atoms with Gasteiger partial charge in [0.25, 0.3) is 0 Å². The lowest BCUT2D eigenvalue weighted by molar-refractivity contribution is 0.494. The highest BCUT2D eigenvalue weighted by Crippen LogP contribution is 2.09. The van der Waals surface area contributed by atoms with Gasteiger partial charge in [-0.25, -0.2) is 0 Å². The van der Waals surface area contributed by atoms with Gasteiger partial charge in [-0.1, -0.05) is 46.0 Å². The third-order valence-corrected chi connectivity index (χ3v) is 2.20. The molecule has 0 spiro atoms. The molecule has 0 aliphatic rings. The molecule has 68 valence electrons.